The number of nitrogens with zero attached hydrogens (tertiary/aromatic N) is 6. The van der Waals surface area contributed by atoms with Crippen LogP contribution >= 0.6 is 34.8 Å². The van der Waals surface area contributed by atoms with Gasteiger partial charge in [0.05, 0.1) is 29.7 Å². The van der Waals surface area contributed by atoms with E-state index < -0.39 is 39.5 Å². The molecule has 3 aromatic rings. The minimum Gasteiger partial charge on any atom is -1.00 e. The molecule has 0 aromatic carbocycles. The number of carbonyl (C=O) groups excluding carboxylic acids is 1. The number of hydrogen-bond acceptors (Lipinski definition) is 11. The number of nitrogens with one attached hydrogen (secondary N) is 3. The molecule has 72 heavy (non-hydrogen) atoms. The number of methoxy groups -OCH3 is 1. The second-order valence-corrected chi connectivity index (χ2v) is 18.9. The molecule has 4 heterocycles. The third-order valence-corrected chi connectivity index (χ3v) is 11.8. The van der Waals surface area contributed by atoms with E-state index in [-0.39, 0.29) is 74.3 Å². The van der Waals surface area contributed by atoms with E-state index in [4.69, 9.17) is 54.9 Å². The molecule has 3 aromatic heterocycles. The normalized spacial score (nSPS) is 21.7. The maximum Gasteiger partial charge on any atom is 1.00 e. The number of halogens is 12. The van der Waals surface area contributed by atoms with Crippen molar-refractivity contribution >= 4 is 75.6 Å². The average Bonchev–Trinajstić information content (AvgIpc) is 3.93. The minimum absolute atomic E-state index is 0. The zero-order chi connectivity index (χ0) is 51.7. The number of ether oxygens (including phenoxy) is 2. The van der Waals surface area contributed by atoms with Gasteiger partial charge in [0.2, 0.25) is 0 Å². The Bertz CT molecular complexity index is 1970. The van der Waals surface area contributed by atoms with Crippen LogP contribution in [0.25, 0.3) is 10.4 Å². The van der Waals surface area contributed by atoms with Crippen molar-refractivity contribution in [1.82, 2.24) is 15.0 Å². The summed E-state index contributed by atoms with van der Waals surface area (Å²) < 4.78 is 121. The molecule has 4 N–H and O–H groups in total. The third-order valence-electron chi connectivity index (χ3n) is 11.8. The van der Waals surface area contributed by atoms with Crippen molar-refractivity contribution in [2.75, 3.05) is 49.4 Å². The Hall–Kier alpha value is -3.08. The molecule has 0 amide bonds. The molecule has 1 saturated heterocycles. The standard InChI is InChI=1S/C14H17F3N2O2.C13H16F3N5.C13H17F3N2O.C4H8O.CHCl3.Al.Li.4H/c1-21-13(20)9-2-5-11(6-3-9)19-12-7-4-10(8-18-12)14(15,16)17;14-13(15,16)10-3-6-12(18-8-10)20-11-4-1-9(2-5-11)7-19-21-17;14-13(15,16)10-3-6-12(17-7-10)18-11-4-1-9(8-19)2-5-11;1-2-4-5-3-1;2-1(3)4;;;;;;/h4,7-9,11H,2-3,5-6H2,1H3,(H,18,19);3,6,8-9,11H,1-2,4-5,7H2,(H,18,20);3,6-7,9,11,19H,1-2,4-5,8H2,(H,17,18);1-4H2;1H;;;;;;/q;;;;;;+1;;;;-1. The summed E-state index contributed by atoms with van der Waals surface area (Å²) in [4.78, 5) is 25.5. The van der Waals surface area contributed by atoms with Crippen LogP contribution in [0.4, 0.5) is 57.0 Å². The molecule has 4 fully saturated rings. The first kappa shape index (κ1) is 66.9. The maximum absolute atomic E-state index is 12.4. The Kier molecular flexibility index (Phi) is 32.1. The SMILES string of the molecule is C1CCOC1.COC(=O)C1CCC(Nc2ccc(C(F)(F)F)cn2)CC1.ClC(Cl)Cl.OCC1CCC(Nc2ccc(C(F)(F)F)cn2)CC1.[AlH3].[H-].[Li+].[N-]=[N+]=NCC1CCC(Nc2ccc(C(F)(F)F)cn2)CC1. The summed E-state index contributed by atoms with van der Waals surface area (Å²) in [5.74, 6) is 1.85. The van der Waals surface area contributed by atoms with Crippen molar-refractivity contribution in [3.8, 4) is 0 Å². The molecule has 0 unspecified atom stereocenters. The Balaban J connectivity index is 0.000000960. The van der Waals surface area contributed by atoms with E-state index in [0.717, 1.165) is 114 Å². The van der Waals surface area contributed by atoms with Crippen molar-refractivity contribution in [3.63, 3.8) is 0 Å². The molecule has 3 aliphatic carbocycles. The number of aliphatic hydroxyl groups excluding tert-OH is 1. The van der Waals surface area contributed by atoms with E-state index in [1.54, 1.807) is 0 Å². The average molecular weight is 1110 g/mol. The largest absolute Gasteiger partial charge is 1.00 e. The van der Waals surface area contributed by atoms with Crippen molar-refractivity contribution in [2.24, 2.45) is 22.9 Å². The van der Waals surface area contributed by atoms with Crippen LogP contribution in [-0.4, -0.2) is 99.3 Å². The molecule has 3 saturated carbocycles. The van der Waals surface area contributed by atoms with Crippen LogP contribution in [0.2, 0.25) is 0 Å². The molecule has 7 rings (SSSR count). The summed E-state index contributed by atoms with van der Waals surface area (Å²) in [5, 5.41) is 22.0. The molecule has 0 bridgehead atoms. The van der Waals surface area contributed by atoms with Gasteiger partial charge >= 0.3 is 43.4 Å². The van der Waals surface area contributed by atoms with E-state index in [0.29, 0.717) is 48.7 Å². The Morgan fingerprint density at radius 3 is 1.28 bits per heavy atom. The molecule has 400 valence electrons. The number of pyridine rings is 3. The Morgan fingerprint density at radius 2 is 1.03 bits per heavy atom. The van der Waals surface area contributed by atoms with Crippen LogP contribution in [0.3, 0.4) is 0 Å². The van der Waals surface area contributed by atoms with E-state index in [1.807, 2.05) is 0 Å². The maximum atomic E-state index is 12.4. The van der Waals surface area contributed by atoms with Crippen molar-refractivity contribution in [2.45, 2.75) is 131 Å². The van der Waals surface area contributed by atoms with Crippen LogP contribution in [0, 0.1) is 17.8 Å². The van der Waals surface area contributed by atoms with E-state index in [1.165, 1.54) is 38.2 Å². The summed E-state index contributed by atoms with van der Waals surface area (Å²) in [7, 11) is 1.37. The molecule has 4 aliphatic rings. The number of anilines is 3. The van der Waals surface area contributed by atoms with Gasteiger partial charge in [-0.1, -0.05) is 39.9 Å². The van der Waals surface area contributed by atoms with Crippen molar-refractivity contribution in [1.29, 1.82) is 0 Å². The van der Waals surface area contributed by atoms with Gasteiger partial charge in [0.25, 0.3) is 0 Å². The quantitative estimate of drug-likeness (QED) is 0.0291. The van der Waals surface area contributed by atoms with Gasteiger partial charge < -0.3 is 32.0 Å². The summed E-state index contributed by atoms with van der Waals surface area (Å²) in [6.07, 6.45) is 2.34. The smallest absolute Gasteiger partial charge is 1.00 e. The fourth-order valence-electron chi connectivity index (χ4n) is 7.85. The fourth-order valence-corrected chi connectivity index (χ4v) is 7.85. The van der Waals surface area contributed by atoms with E-state index >= 15 is 0 Å². The zero-order valence-electron chi connectivity index (χ0n) is 40.4. The third kappa shape index (κ3) is 26.9. The monoisotopic (exact) mass is 1100 g/mol. The number of alkyl halides is 12. The summed E-state index contributed by atoms with van der Waals surface area (Å²) in [6, 6.07) is 7.68. The minimum atomic E-state index is -4.37. The molecule has 0 atom stereocenters. The second-order valence-electron chi connectivity index (χ2n) is 16.9. The van der Waals surface area contributed by atoms with Crippen molar-refractivity contribution < 1.29 is 79.2 Å². The van der Waals surface area contributed by atoms with Crippen molar-refractivity contribution in [3.05, 3.63) is 82.1 Å². The molecular formula is C45H63AlCl3F9LiN9O4. The van der Waals surface area contributed by atoms with Gasteiger partial charge in [-0.05, 0) is 144 Å². The molecule has 0 radical (unpaired) electrons. The number of azide groups is 1. The van der Waals surface area contributed by atoms with Crippen LogP contribution < -0.4 is 34.8 Å². The number of esters is 1. The van der Waals surface area contributed by atoms with Crippen LogP contribution in [0.5, 0.6) is 0 Å². The predicted molar refractivity (Wildman–Crippen MR) is 261 cm³/mol. The van der Waals surface area contributed by atoms with Gasteiger partial charge in [-0.3, -0.25) is 4.79 Å². The first-order valence-corrected chi connectivity index (χ1v) is 24.0. The molecule has 0 spiro atoms. The van der Waals surface area contributed by atoms with Crippen LogP contribution in [-0.2, 0) is 32.8 Å². The predicted octanol–water partition coefficient (Wildman–Crippen LogP) is 9.40. The van der Waals surface area contributed by atoms with Gasteiger partial charge in [-0.25, -0.2) is 15.0 Å². The summed E-state index contributed by atoms with van der Waals surface area (Å²) >= 11 is 14.4. The number of hydrogen-bond donors (Lipinski definition) is 4. The van der Waals surface area contributed by atoms with Gasteiger partial charge in [-0.15, -0.1) is 0 Å². The van der Waals surface area contributed by atoms with Crippen LogP contribution in [0.15, 0.2) is 60.1 Å². The van der Waals surface area contributed by atoms with Crippen LogP contribution in [0.1, 0.15) is 108 Å². The van der Waals surface area contributed by atoms with Gasteiger partial charge in [-0.2, -0.15) is 39.5 Å². The molecule has 27 heteroatoms. The molecule has 1 aliphatic heterocycles. The fraction of sp³-hybridized carbons (Fsp3) is 0.644. The molecular weight excluding hydrogens is 1040 g/mol. The van der Waals surface area contributed by atoms with Gasteiger partial charge in [0, 0.05) is 68.0 Å². The number of aromatic nitrogens is 3. The van der Waals surface area contributed by atoms with Gasteiger partial charge in [0.1, 0.15) is 17.5 Å². The number of rotatable bonds is 10. The second kappa shape index (κ2) is 34.5. The zero-order valence-corrected chi connectivity index (χ0v) is 41.6. The Morgan fingerprint density at radius 1 is 0.694 bits per heavy atom. The molecule has 13 nitrogen and oxygen atoms in total. The summed E-state index contributed by atoms with van der Waals surface area (Å²) in [6.45, 7) is 2.73. The topological polar surface area (TPSA) is 179 Å². The Labute approximate surface area is 452 Å². The van der Waals surface area contributed by atoms with E-state index in [2.05, 4.69) is 40.9 Å². The first-order valence-electron chi connectivity index (χ1n) is 22.7. The van der Waals surface area contributed by atoms with E-state index in [9.17, 15) is 44.3 Å². The first-order chi connectivity index (χ1) is 33.1. The number of aliphatic hydroxyl groups is 1. The summed E-state index contributed by atoms with van der Waals surface area (Å²) in [5.41, 5.74) is 6.04. The number of carbonyl (C=O) groups is 1. The van der Waals surface area contributed by atoms with Gasteiger partial charge in [0.15, 0.2) is 21.7 Å².